The number of Topliss-reactive ketones (excluding diaryl/α,β-unsaturated/α-hetero) is 1. The number of benzene rings is 2. The van der Waals surface area contributed by atoms with Crippen molar-refractivity contribution in [3.63, 3.8) is 0 Å². The number of carbonyl (C=O) groups excluding carboxylic acids is 2. The molecule has 0 fully saturated rings. The molecule has 3 aromatic rings. The summed E-state index contributed by atoms with van der Waals surface area (Å²) in [4.78, 5) is 25.0. The van der Waals surface area contributed by atoms with Gasteiger partial charge >= 0.3 is 5.97 Å². The van der Waals surface area contributed by atoms with E-state index in [4.69, 9.17) is 13.9 Å². The van der Waals surface area contributed by atoms with Crippen molar-refractivity contribution in [1.82, 2.24) is 0 Å². The molecule has 140 valence electrons. The first kappa shape index (κ1) is 18.9. The minimum absolute atomic E-state index is 0.0719. The molecule has 0 amide bonds. The molecule has 3 rings (SSSR count). The van der Waals surface area contributed by atoms with Crippen LogP contribution in [0.25, 0.3) is 11.0 Å². The Kier molecular flexibility index (Phi) is 5.42. The summed E-state index contributed by atoms with van der Waals surface area (Å²) in [6.07, 6.45) is 0. The lowest BCUT2D eigenvalue weighted by Gasteiger charge is -2.09. The fourth-order valence-electron chi connectivity index (χ4n) is 3.09. The number of hydrogen-bond donors (Lipinski definition) is 0. The average molecular weight is 366 g/mol. The average Bonchev–Trinajstić information content (AvgIpc) is 3.01. The zero-order valence-corrected chi connectivity index (χ0v) is 15.9. The lowest BCUT2D eigenvalue weighted by Crippen LogP contribution is -2.16. The zero-order chi connectivity index (χ0) is 19.6. The van der Waals surface area contributed by atoms with Crippen molar-refractivity contribution >= 4 is 22.7 Å². The summed E-state index contributed by atoms with van der Waals surface area (Å²) < 4.78 is 16.1. The van der Waals surface area contributed by atoms with Crippen LogP contribution in [0.5, 0.6) is 0 Å². The Labute approximate surface area is 157 Å². The van der Waals surface area contributed by atoms with Crippen LogP contribution in [0.15, 0.2) is 40.8 Å². The monoisotopic (exact) mass is 366 g/mol. The number of methoxy groups -OCH3 is 1. The Hall–Kier alpha value is -2.92. The summed E-state index contributed by atoms with van der Waals surface area (Å²) in [6.45, 7) is 5.69. The van der Waals surface area contributed by atoms with E-state index in [2.05, 4.69) is 0 Å². The first-order valence-corrected chi connectivity index (χ1v) is 8.70. The van der Waals surface area contributed by atoms with Crippen LogP contribution in [0.2, 0.25) is 0 Å². The third-order valence-electron chi connectivity index (χ3n) is 4.65. The van der Waals surface area contributed by atoms with E-state index in [1.807, 2.05) is 51.1 Å². The van der Waals surface area contributed by atoms with Gasteiger partial charge in [0.15, 0.2) is 6.61 Å². The van der Waals surface area contributed by atoms with E-state index in [1.165, 1.54) is 0 Å². The van der Waals surface area contributed by atoms with E-state index in [0.29, 0.717) is 16.7 Å². The van der Waals surface area contributed by atoms with Crippen LogP contribution in [-0.4, -0.2) is 25.5 Å². The van der Waals surface area contributed by atoms with Gasteiger partial charge in [0, 0.05) is 23.6 Å². The van der Waals surface area contributed by atoms with Gasteiger partial charge in [0.25, 0.3) is 0 Å². The highest BCUT2D eigenvalue weighted by Gasteiger charge is 2.23. The maximum Gasteiger partial charge on any atom is 0.375 e. The SMILES string of the molecule is COCc1c(C(=O)OCC(=O)c2cc(C)c(C)cc2C)oc2ccccc12. The molecule has 0 bridgehead atoms. The van der Waals surface area contributed by atoms with Crippen LogP contribution in [0.1, 0.15) is 43.2 Å². The molecule has 0 spiro atoms. The minimum Gasteiger partial charge on any atom is -0.451 e. The molecular formula is C22H22O5. The molecule has 0 N–H and O–H groups in total. The van der Waals surface area contributed by atoms with Crippen molar-refractivity contribution in [3.8, 4) is 0 Å². The zero-order valence-electron chi connectivity index (χ0n) is 15.9. The largest absolute Gasteiger partial charge is 0.451 e. The fraction of sp³-hybridized carbons (Fsp3) is 0.273. The number of para-hydroxylation sites is 1. The number of ketones is 1. The molecule has 1 aromatic heterocycles. The van der Waals surface area contributed by atoms with Crippen LogP contribution < -0.4 is 0 Å². The molecule has 1 heterocycles. The molecule has 0 saturated heterocycles. The summed E-state index contributed by atoms with van der Waals surface area (Å²) in [7, 11) is 1.54. The van der Waals surface area contributed by atoms with Gasteiger partial charge in [0.1, 0.15) is 5.58 Å². The maximum absolute atomic E-state index is 12.5. The highest BCUT2D eigenvalue weighted by atomic mass is 16.5. The maximum atomic E-state index is 12.5. The second-order valence-electron chi connectivity index (χ2n) is 6.59. The van der Waals surface area contributed by atoms with Gasteiger partial charge in [0.2, 0.25) is 11.5 Å². The number of fused-ring (bicyclic) bond motifs is 1. The topological polar surface area (TPSA) is 65.7 Å². The molecule has 5 nitrogen and oxygen atoms in total. The number of hydrogen-bond acceptors (Lipinski definition) is 5. The Balaban J connectivity index is 1.80. The van der Waals surface area contributed by atoms with E-state index in [0.717, 1.165) is 22.1 Å². The first-order valence-electron chi connectivity index (χ1n) is 8.70. The van der Waals surface area contributed by atoms with Crippen LogP contribution in [0, 0.1) is 20.8 Å². The van der Waals surface area contributed by atoms with Gasteiger partial charge in [-0.25, -0.2) is 4.79 Å². The Morgan fingerprint density at radius 1 is 1.00 bits per heavy atom. The highest BCUT2D eigenvalue weighted by Crippen LogP contribution is 2.27. The molecule has 0 unspecified atom stereocenters. The minimum atomic E-state index is -0.673. The van der Waals surface area contributed by atoms with Crippen LogP contribution >= 0.6 is 0 Å². The molecule has 0 atom stereocenters. The van der Waals surface area contributed by atoms with Gasteiger partial charge in [0.05, 0.1) is 6.61 Å². The van der Waals surface area contributed by atoms with Crippen LogP contribution in [0.3, 0.4) is 0 Å². The second kappa shape index (κ2) is 7.76. The molecule has 0 aliphatic rings. The molecule has 5 heteroatoms. The summed E-state index contributed by atoms with van der Waals surface area (Å²) in [5.74, 6) is -0.843. The molecule has 0 radical (unpaired) electrons. The lowest BCUT2D eigenvalue weighted by atomic mass is 9.98. The normalized spacial score (nSPS) is 11.0. The predicted octanol–water partition coefficient (Wildman–Crippen LogP) is 4.54. The van der Waals surface area contributed by atoms with Gasteiger partial charge in [-0.15, -0.1) is 0 Å². The number of ether oxygens (including phenoxy) is 2. The molecule has 2 aromatic carbocycles. The molecule has 0 aliphatic carbocycles. The summed E-state index contributed by atoms with van der Waals surface area (Å²) in [5, 5.41) is 0.794. The smallest absolute Gasteiger partial charge is 0.375 e. The van der Waals surface area contributed by atoms with E-state index in [9.17, 15) is 9.59 Å². The third kappa shape index (κ3) is 3.78. The Morgan fingerprint density at radius 3 is 2.44 bits per heavy atom. The van der Waals surface area contributed by atoms with E-state index >= 15 is 0 Å². The van der Waals surface area contributed by atoms with Gasteiger partial charge < -0.3 is 13.9 Å². The molecule has 0 saturated carbocycles. The fourth-order valence-corrected chi connectivity index (χ4v) is 3.09. The van der Waals surface area contributed by atoms with Crippen molar-refractivity contribution in [3.05, 3.63) is 70.0 Å². The van der Waals surface area contributed by atoms with Gasteiger partial charge in [-0.1, -0.05) is 24.3 Å². The number of aryl methyl sites for hydroxylation is 3. The Morgan fingerprint density at radius 2 is 1.70 bits per heavy atom. The van der Waals surface area contributed by atoms with Crippen LogP contribution in [0.4, 0.5) is 0 Å². The Bertz CT molecular complexity index is 1010. The summed E-state index contributed by atoms with van der Waals surface area (Å²) in [6, 6.07) is 11.1. The van der Waals surface area contributed by atoms with Crippen molar-refractivity contribution in [2.75, 3.05) is 13.7 Å². The summed E-state index contributed by atoms with van der Waals surface area (Å²) >= 11 is 0. The molecular weight excluding hydrogens is 344 g/mol. The molecule has 0 aliphatic heterocycles. The van der Waals surface area contributed by atoms with Gasteiger partial charge in [-0.05, 0) is 49.6 Å². The van der Waals surface area contributed by atoms with E-state index in [1.54, 1.807) is 13.2 Å². The lowest BCUT2D eigenvalue weighted by molar-refractivity contribution is 0.0441. The van der Waals surface area contributed by atoms with Gasteiger partial charge in [-0.2, -0.15) is 0 Å². The third-order valence-corrected chi connectivity index (χ3v) is 4.65. The molecule has 27 heavy (non-hydrogen) atoms. The quantitative estimate of drug-likeness (QED) is 0.473. The number of carbonyl (C=O) groups is 2. The van der Waals surface area contributed by atoms with E-state index < -0.39 is 5.97 Å². The second-order valence-corrected chi connectivity index (χ2v) is 6.59. The van der Waals surface area contributed by atoms with Crippen molar-refractivity contribution in [1.29, 1.82) is 0 Å². The summed E-state index contributed by atoms with van der Waals surface area (Å²) in [5.41, 5.74) is 4.76. The number of esters is 1. The van der Waals surface area contributed by atoms with Crippen molar-refractivity contribution in [2.45, 2.75) is 27.4 Å². The number of furan rings is 1. The van der Waals surface area contributed by atoms with Gasteiger partial charge in [-0.3, -0.25) is 4.79 Å². The number of rotatable bonds is 6. The highest BCUT2D eigenvalue weighted by molar-refractivity contribution is 6.01. The van der Waals surface area contributed by atoms with Crippen molar-refractivity contribution < 1.29 is 23.5 Å². The van der Waals surface area contributed by atoms with Crippen molar-refractivity contribution in [2.24, 2.45) is 0 Å². The standard InChI is InChI=1S/C22H22O5/c1-13-9-15(3)17(10-14(13)2)19(23)12-26-22(24)21-18(11-25-4)16-7-5-6-8-20(16)27-21/h5-10H,11-12H2,1-4H3. The first-order chi connectivity index (χ1) is 12.9. The van der Waals surface area contributed by atoms with E-state index in [-0.39, 0.29) is 24.8 Å². The predicted molar refractivity (Wildman–Crippen MR) is 102 cm³/mol. The van der Waals surface area contributed by atoms with Crippen LogP contribution in [-0.2, 0) is 16.1 Å².